The summed E-state index contributed by atoms with van der Waals surface area (Å²) in [6.45, 7) is 19.5. The van der Waals surface area contributed by atoms with E-state index in [-0.39, 0.29) is 0 Å². The van der Waals surface area contributed by atoms with Gasteiger partial charge in [-0.1, -0.05) is 54.2 Å². The molecule has 0 amide bonds. The molecule has 1 aliphatic heterocycles. The molecule has 0 aromatic rings. The zero-order valence-corrected chi connectivity index (χ0v) is 20.9. The van der Waals surface area contributed by atoms with Crippen LogP contribution in [0.4, 0.5) is 0 Å². The molecule has 1 saturated heterocycles. The normalized spacial score (nSPS) is 24.8. The number of hydrogen-bond acceptors (Lipinski definition) is 4. The van der Waals surface area contributed by atoms with Crippen molar-refractivity contribution in [1.82, 2.24) is 0 Å². The quantitative estimate of drug-likeness (QED) is 0.484. The molecular formula is C16H38O4Si4. The summed E-state index contributed by atoms with van der Waals surface area (Å²) in [5.41, 5.74) is 1.98. The third-order valence-corrected chi connectivity index (χ3v) is 25.3. The first kappa shape index (κ1) is 22.5. The summed E-state index contributed by atoms with van der Waals surface area (Å²) in [6, 6.07) is 6.59. The van der Waals surface area contributed by atoms with E-state index in [9.17, 15) is 0 Å². The second-order valence-electron chi connectivity index (χ2n) is 6.63. The first-order chi connectivity index (χ1) is 11.3. The van der Waals surface area contributed by atoms with Crippen LogP contribution in [0.2, 0.25) is 42.3 Å². The smallest absolute Gasteiger partial charge is 0.346 e. The second-order valence-corrected chi connectivity index (χ2v) is 22.3. The molecule has 0 saturated carbocycles. The Morgan fingerprint density at radius 3 is 1.04 bits per heavy atom. The monoisotopic (exact) mass is 406 g/mol. The van der Waals surface area contributed by atoms with Gasteiger partial charge in [0.25, 0.3) is 0 Å². The van der Waals surface area contributed by atoms with Crippen molar-refractivity contribution in [2.75, 3.05) is 0 Å². The van der Waals surface area contributed by atoms with Gasteiger partial charge in [-0.25, -0.2) is 0 Å². The SMILES string of the molecule is C=C[Si]1(CC)O[Si](CC)(CC)O[Si](CC)(CC)O[Si](CC)(CC)O1. The molecular weight excluding hydrogens is 369 g/mol. The van der Waals surface area contributed by atoms with Gasteiger partial charge in [0.05, 0.1) is 0 Å². The van der Waals surface area contributed by atoms with Gasteiger partial charge in [0.2, 0.25) is 0 Å². The maximum Gasteiger partial charge on any atom is 0.346 e. The maximum atomic E-state index is 6.96. The van der Waals surface area contributed by atoms with Crippen molar-refractivity contribution >= 4 is 34.2 Å². The second kappa shape index (κ2) is 8.89. The summed E-state index contributed by atoms with van der Waals surface area (Å²) in [5, 5.41) is 0. The molecule has 1 fully saturated rings. The molecule has 1 heterocycles. The molecule has 24 heavy (non-hydrogen) atoms. The number of hydrogen-bond donors (Lipinski definition) is 0. The van der Waals surface area contributed by atoms with Gasteiger partial charge in [-0.3, -0.25) is 0 Å². The van der Waals surface area contributed by atoms with Gasteiger partial charge in [0, 0.05) is 0 Å². The third-order valence-electron chi connectivity index (χ3n) is 5.50. The average Bonchev–Trinajstić information content (AvgIpc) is 2.63. The van der Waals surface area contributed by atoms with Gasteiger partial charge in [-0.05, 0) is 42.3 Å². The molecule has 0 aromatic carbocycles. The molecule has 0 aliphatic carbocycles. The van der Waals surface area contributed by atoms with Crippen LogP contribution in [0.1, 0.15) is 48.5 Å². The molecule has 0 radical (unpaired) electrons. The predicted molar refractivity (Wildman–Crippen MR) is 111 cm³/mol. The van der Waals surface area contributed by atoms with Gasteiger partial charge in [0.1, 0.15) is 0 Å². The Kier molecular flexibility index (Phi) is 8.33. The van der Waals surface area contributed by atoms with Crippen LogP contribution in [0.15, 0.2) is 12.3 Å². The first-order valence-corrected chi connectivity index (χ1v) is 18.5. The average molecular weight is 407 g/mol. The summed E-state index contributed by atoms with van der Waals surface area (Å²) < 4.78 is 27.7. The van der Waals surface area contributed by atoms with Crippen LogP contribution < -0.4 is 0 Å². The molecule has 0 atom stereocenters. The Labute approximate surface area is 153 Å². The highest BCUT2D eigenvalue weighted by Crippen LogP contribution is 2.40. The van der Waals surface area contributed by atoms with Gasteiger partial charge in [0.15, 0.2) is 0 Å². The van der Waals surface area contributed by atoms with E-state index in [1.807, 2.05) is 5.70 Å². The first-order valence-electron chi connectivity index (χ1n) is 9.75. The highest BCUT2D eigenvalue weighted by atomic mass is 28.5. The van der Waals surface area contributed by atoms with E-state index < -0.39 is 34.2 Å². The van der Waals surface area contributed by atoms with E-state index in [2.05, 4.69) is 55.0 Å². The summed E-state index contributed by atoms with van der Waals surface area (Å²) in [5.74, 6) is 0. The molecule has 0 bridgehead atoms. The Bertz CT molecular complexity index is 381. The van der Waals surface area contributed by atoms with Crippen LogP contribution in [0.25, 0.3) is 0 Å². The van der Waals surface area contributed by atoms with Crippen molar-refractivity contribution in [3.05, 3.63) is 12.3 Å². The van der Waals surface area contributed by atoms with E-state index in [0.29, 0.717) is 0 Å². The Morgan fingerprint density at radius 1 is 0.542 bits per heavy atom. The lowest BCUT2D eigenvalue weighted by atomic mass is 10.9. The molecule has 8 heteroatoms. The maximum absolute atomic E-state index is 6.96. The minimum absolute atomic E-state index is 0.875. The van der Waals surface area contributed by atoms with Crippen molar-refractivity contribution < 1.29 is 16.5 Å². The standard InChI is InChI=1S/C16H38O4Si4/c1-9-21(10-2)17-22(11-3,12-4)19-24(15-7,16-8)20-23(13-5,14-6)18-21/h9H,1,10-16H2,2-8H3. The molecule has 1 rings (SSSR count). The van der Waals surface area contributed by atoms with Crippen LogP contribution in [0.5, 0.6) is 0 Å². The summed E-state index contributed by atoms with van der Waals surface area (Å²) in [4.78, 5) is 0. The summed E-state index contributed by atoms with van der Waals surface area (Å²) >= 11 is 0. The molecule has 0 N–H and O–H groups in total. The van der Waals surface area contributed by atoms with Crippen molar-refractivity contribution in [1.29, 1.82) is 0 Å². The Morgan fingerprint density at radius 2 is 0.833 bits per heavy atom. The fourth-order valence-corrected chi connectivity index (χ4v) is 26.5. The van der Waals surface area contributed by atoms with Crippen molar-refractivity contribution in [3.63, 3.8) is 0 Å². The van der Waals surface area contributed by atoms with Gasteiger partial charge in [-0.2, -0.15) is 0 Å². The van der Waals surface area contributed by atoms with E-state index >= 15 is 0 Å². The van der Waals surface area contributed by atoms with Crippen molar-refractivity contribution in [2.45, 2.75) is 90.8 Å². The molecule has 4 nitrogen and oxygen atoms in total. The van der Waals surface area contributed by atoms with Crippen LogP contribution in [-0.4, -0.2) is 34.2 Å². The lowest BCUT2D eigenvalue weighted by molar-refractivity contribution is 0.218. The van der Waals surface area contributed by atoms with Gasteiger partial charge >= 0.3 is 34.2 Å². The fourth-order valence-electron chi connectivity index (χ4n) is 3.38. The predicted octanol–water partition coefficient (Wildman–Crippen LogP) is 5.70. The van der Waals surface area contributed by atoms with Gasteiger partial charge in [-0.15, -0.1) is 6.58 Å². The Hall–Kier alpha value is 0.448. The Balaban J connectivity index is 3.48. The highest BCUT2D eigenvalue weighted by molar-refractivity contribution is 6.96. The molecule has 142 valence electrons. The van der Waals surface area contributed by atoms with E-state index in [4.69, 9.17) is 16.5 Å². The topological polar surface area (TPSA) is 36.9 Å². The minimum Gasteiger partial charge on any atom is -0.415 e. The molecule has 0 unspecified atom stereocenters. The molecule has 0 spiro atoms. The van der Waals surface area contributed by atoms with Crippen molar-refractivity contribution in [3.8, 4) is 0 Å². The van der Waals surface area contributed by atoms with Crippen molar-refractivity contribution in [2.24, 2.45) is 0 Å². The van der Waals surface area contributed by atoms with Crippen LogP contribution in [0.3, 0.4) is 0 Å². The zero-order valence-electron chi connectivity index (χ0n) is 16.9. The van der Waals surface area contributed by atoms with E-state index in [1.54, 1.807) is 0 Å². The van der Waals surface area contributed by atoms with Crippen LogP contribution in [-0.2, 0) is 16.5 Å². The number of rotatable bonds is 8. The lowest BCUT2D eigenvalue weighted by Gasteiger charge is -2.52. The van der Waals surface area contributed by atoms with Crippen LogP contribution >= 0.6 is 0 Å². The fraction of sp³-hybridized carbons (Fsp3) is 0.875. The zero-order chi connectivity index (χ0) is 18.5. The van der Waals surface area contributed by atoms with Crippen LogP contribution in [0, 0.1) is 0 Å². The van der Waals surface area contributed by atoms with Gasteiger partial charge < -0.3 is 16.5 Å². The molecule has 1 aliphatic rings. The lowest BCUT2D eigenvalue weighted by Crippen LogP contribution is -2.69. The largest absolute Gasteiger partial charge is 0.415 e. The van der Waals surface area contributed by atoms with E-state index in [1.165, 1.54) is 0 Å². The third kappa shape index (κ3) is 4.40. The minimum atomic E-state index is -2.50. The molecule has 0 aromatic heterocycles. The summed E-state index contributed by atoms with van der Waals surface area (Å²) in [6.07, 6.45) is 0. The highest BCUT2D eigenvalue weighted by Gasteiger charge is 2.58. The summed E-state index contributed by atoms with van der Waals surface area (Å²) in [7, 11) is -9.45. The van der Waals surface area contributed by atoms with E-state index in [0.717, 1.165) is 42.3 Å².